The number of amides is 1. The van der Waals surface area contributed by atoms with Crippen molar-refractivity contribution in [2.24, 2.45) is 5.73 Å². The predicted octanol–water partition coefficient (Wildman–Crippen LogP) is 2.07. The summed E-state index contributed by atoms with van der Waals surface area (Å²) in [6, 6.07) is 9.57. The molecule has 4 nitrogen and oxygen atoms in total. The standard InChI is InChI=1S/C17H27N3O/c18-16(15-8-3-1-4-9-15)14-17(21)19-10-7-13-20-11-5-2-6-12-20/h1,3-4,8-9,16H,2,5-7,10-14,18H2,(H,19,21). The van der Waals surface area contributed by atoms with Gasteiger partial charge in [0.2, 0.25) is 5.91 Å². The summed E-state index contributed by atoms with van der Waals surface area (Å²) < 4.78 is 0. The molecule has 0 saturated carbocycles. The second-order valence-electron chi connectivity index (χ2n) is 5.83. The summed E-state index contributed by atoms with van der Waals surface area (Å²) in [6.07, 6.45) is 5.38. The maximum Gasteiger partial charge on any atom is 0.221 e. The zero-order valence-electron chi connectivity index (χ0n) is 12.8. The Kier molecular flexibility index (Phi) is 6.70. The van der Waals surface area contributed by atoms with Crippen molar-refractivity contribution in [2.45, 2.75) is 38.1 Å². The van der Waals surface area contributed by atoms with Crippen molar-refractivity contribution in [3.05, 3.63) is 35.9 Å². The van der Waals surface area contributed by atoms with Gasteiger partial charge in [-0.2, -0.15) is 0 Å². The molecule has 1 amide bonds. The number of carbonyl (C=O) groups excluding carboxylic acids is 1. The monoisotopic (exact) mass is 289 g/mol. The third-order valence-corrected chi connectivity index (χ3v) is 4.06. The smallest absolute Gasteiger partial charge is 0.221 e. The maximum absolute atomic E-state index is 11.9. The largest absolute Gasteiger partial charge is 0.356 e. The molecule has 1 aromatic carbocycles. The Morgan fingerprint density at radius 1 is 1.19 bits per heavy atom. The van der Waals surface area contributed by atoms with E-state index in [4.69, 9.17) is 5.73 Å². The number of nitrogens with two attached hydrogens (primary N) is 1. The number of hydrogen-bond acceptors (Lipinski definition) is 3. The van der Waals surface area contributed by atoms with Crippen LogP contribution in [0.25, 0.3) is 0 Å². The topological polar surface area (TPSA) is 58.4 Å². The van der Waals surface area contributed by atoms with E-state index in [1.807, 2.05) is 30.3 Å². The molecule has 4 heteroatoms. The molecular formula is C17H27N3O. The molecule has 0 aromatic heterocycles. The van der Waals surface area contributed by atoms with Crippen LogP contribution in [0.2, 0.25) is 0 Å². The summed E-state index contributed by atoms with van der Waals surface area (Å²) >= 11 is 0. The van der Waals surface area contributed by atoms with Crippen molar-refractivity contribution in [3.63, 3.8) is 0 Å². The summed E-state index contributed by atoms with van der Waals surface area (Å²) in [5, 5.41) is 2.98. The van der Waals surface area contributed by atoms with Crippen LogP contribution in [0.1, 0.15) is 43.7 Å². The van der Waals surface area contributed by atoms with Gasteiger partial charge in [0, 0.05) is 19.0 Å². The first kappa shape index (κ1) is 16.0. The van der Waals surface area contributed by atoms with E-state index in [-0.39, 0.29) is 11.9 Å². The summed E-state index contributed by atoms with van der Waals surface area (Å²) in [6.45, 7) is 4.27. The summed E-state index contributed by atoms with van der Waals surface area (Å²) in [4.78, 5) is 14.4. The van der Waals surface area contributed by atoms with Gasteiger partial charge >= 0.3 is 0 Å². The Morgan fingerprint density at radius 3 is 2.62 bits per heavy atom. The van der Waals surface area contributed by atoms with Crippen molar-refractivity contribution in [1.29, 1.82) is 0 Å². The Labute approximate surface area is 127 Å². The number of carbonyl (C=O) groups is 1. The minimum absolute atomic E-state index is 0.0463. The minimum atomic E-state index is -0.215. The zero-order chi connectivity index (χ0) is 14.9. The van der Waals surface area contributed by atoms with Gasteiger partial charge in [-0.3, -0.25) is 4.79 Å². The SMILES string of the molecule is NC(CC(=O)NCCCN1CCCCC1)c1ccccc1. The molecule has 1 atom stereocenters. The van der Waals surface area contributed by atoms with E-state index in [0.717, 1.165) is 25.1 Å². The third-order valence-electron chi connectivity index (χ3n) is 4.06. The Balaban J connectivity index is 1.59. The molecule has 1 aliphatic heterocycles. The highest BCUT2D eigenvalue weighted by Crippen LogP contribution is 2.13. The fourth-order valence-corrected chi connectivity index (χ4v) is 2.80. The van der Waals surface area contributed by atoms with E-state index >= 15 is 0 Å². The lowest BCUT2D eigenvalue weighted by atomic mass is 10.0. The lowest BCUT2D eigenvalue weighted by molar-refractivity contribution is -0.121. The van der Waals surface area contributed by atoms with Crippen molar-refractivity contribution in [3.8, 4) is 0 Å². The van der Waals surface area contributed by atoms with Crippen LogP contribution in [0.5, 0.6) is 0 Å². The van der Waals surface area contributed by atoms with Crippen LogP contribution >= 0.6 is 0 Å². The highest BCUT2D eigenvalue weighted by Gasteiger charge is 2.12. The molecule has 1 aromatic rings. The van der Waals surface area contributed by atoms with E-state index < -0.39 is 0 Å². The maximum atomic E-state index is 11.9. The van der Waals surface area contributed by atoms with Crippen LogP contribution in [0.15, 0.2) is 30.3 Å². The average Bonchev–Trinajstić information content (AvgIpc) is 2.53. The van der Waals surface area contributed by atoms with Gasteiger partial charge in [-0.1, -0.05) is 36.8 Å². The van der Waals surface area contributed by atoms with Crippen LogP contribution in [0.3, 0.4) is 0 Å². The predicted molar refractivity (Wildman–Crippen MR) is 85.9 cm³/mol. The molecule has 1 fully saturated rings. The molecule has 0 aliphatic carbocycles. The molecule has 0 bridgehead atoms. The van der Waals surface area contributed by atoms with Crippen molar-refractivity contribution in [1.82, 2.24) is 10.2 Å². The molecule has 1 unspecified atom stereocenters. The van der Waals surface area contributed by atoms with Crippen LogP contribution in [0, 0.1) is 0 Å². The average molecular weight is 289 g/mol. The van der Waals surface area contributed by atoms with Gasteiger partial charge in [-0.15, -0.1) is 0 Å². The summed E-state index contributed by atoms with van der Waals surface area (Å²) in [5.74, 6) is 0.0463. The summed E-state index contributed by atoms with van der Waals surface area (Å²) in [7, 11) is 0. The lowest BCUT2D eigenvalue weighted by Gasteiger charge is -2.26. The van der Waals surface area contributed by atoms with E-state index in [0.29, 0.717) is 6.42 Å². The zero-order valence-corrected chi connectivity index (χ0v) is 12.8. The van der Waals surface area contributed by atoms with Gasteiger partial charge in [0.1, 0.15) is 0 Å². The third kappa shape index (κ3) is 5.86. The van der Waals surface area contributed by atoms with Gasteiger partial charge in [0.05, 0.1) is 0 Å². The van der Waals surface area contributed by atoms with Gasteiger partial charge < -0.3 is 16.0 Å². The molecule has 1 aliphatic rings. The van der Waals surface area contributed by atoms with Gasteiger partial charge in [0.15, 0.2) is 0 Å². The Hall–Kier alpha value is -1.39. The molecule has 116 valence electrons. The molecule has 1 heterocycles. The number of nitrogens with one attached hydrogen (secondary N) is 1. The minimum Gasteiger partial charge on any atom is -0.356 e. The molecular weight excluding hydrogens is 262 g/mol. The highest BCUT2D eigenvalue weighted by atomic mass is 16.1. The first-order valence-corrected chi connectivity index (χ1v) is 8.05. The van der Waals surface area contributed by atoms with E-state index in [1.54, 1.807) is 0 Å². The number of piperidine rings is 1. The highest BCUT2D eigenvalue weighted by molar-refractivity contribution is 5.76. The van der Waals surface area contributed by atoms with Crippen molar-refractivity contribution >= 4 is 5.91 Å². The molecule has 0 radical (unpaired) electrons. The first-order chi connectivity index (χ1) is 10.3. The first-order valence-electron chi connectivity index (χ1n) is 8.05. The number of hydrogen-bond donors (Lipinski definition) is 2. The molecule has 1 saturated heterocycles. The van der Waals surface area contributed by atoms with Crippen molar-refractivity contribution in [2.75, 3.05) is 26.2 Å². The number of likely N-dealkylation sites (tertiary alicyclic amines) is 1. The van der Waals surface area contributed by atoms with E-state index in [1.165, 1.54) is 32.4 Å². The Bertz CT molecular complexity index is 415. The van der Waals surface area contributed by atoms with Gasteiger partial charge in [-0.25, -0.2) is 0 Å². The Morgan fingerprint density at radius 2 is 1.90 bits per heavy atom. The molecule has 0 spiro atoms. The van der Waals surface area contributed by atoms with Crippen LogP contribution in [0.4, 0.5) is 0 Å². The molecule has 3 N–H and O–H groups in total. The second kappa shape index (κ2) is 8.80. The lowest BCUT2D eigenvalue weighted by Crippen LogP contribution is -2.34. The van der Waals surface area contributed by atoms with E-state index in [9.17, 15) is 4.79 Å². The molecule has 21 heavy (non-hydrogen) atoms. The van der Waals surface area contributed by atoms with Gasteiger partial charge in [0.25, 0.3) is 0 Å². The number of nitrogens with zero attached hydrogens (tertiary/aromatic N) is 1. The van der Waals surface area contributed by atoms with Gasteiger partial charge in [-0.05, 0) is 44.5 Å². The number of benzene rings is 1. The van der Waals surface area contributed by atoms with Crippen molar-refractivity contribution < 1.29 is 4.79 Å². The normalized spacial score (nSPS) is 17.4. The quantitative estimate of drug-likeness (QED) is 0.756. The van der Waals surface area contributed by atoms with E-state index in [2.05, 4.69) is 10.2 Å². The fourth-order valence-electron chi connectivity index (χ4n) is 2.80. The van der Waals surface area contributed by atoms with Crippen LogP contribution in [-0.4, -0.2) is 37.0 Å². The fraction of sp³-hybridized carbons (Fsp3) is 0.588. The molecule has 2 rings (SSSR count). The van der Waals surface area contributed by atoms with Crippen LogP contribution < -0.4 is 11.1 Å². The second-order valence-corrected chi connectivity index (χ2v) is 5.83. The number of rotatable bonds is 7. The summed E-state index contributed by atoms with van der Waals surface area (Å²) in [5.41, 5.74) is 7.06. The van der Waals surface area contributed by atoms with Crippen LogP contribution in [-0.2, 0) is 4.79 Å².